The lowest BCUT2D eigenvalue weighted by Crippen LogP contribution is -2.20. The number of aromatic nitrogens is 1. The summed E-state index contributed by atoms with van der Waals surface area (Å²) in [4.78, 5) is 17.7. The number of esters is 1. The third-order valence-electron chi connectivity index (χ3n) is 4.14. The zero-order chi connectivity index (χ0) is 16.9. The molecule has 3 heterocycles. The van der Waals surface area contributed by atoms with Gasteiger partial charge in [0.15, 0.2) is 6.10 Å². The van der Waals surface area contributed by atoms with Crippen molar-refractivity contribution in [1.29, 1.82) is 0 Å². The molecule has 24 heavy (non-hydrogen) atoms. The maximum absolute atomic E-state index is 12.2. The molecule has 0 saturated carbocycles. The zero-order valence-corrected chi connectivity index (χ0v) is 14.7. The number of thiazole rings is 1. The van der Waals surface area contributed by atoms with Gasteiger partial charge in [0.25, 0.3) is 0 Å². The van der Waals surface area contributed by atoms with Gasteiger partial charge in [-0.25, -0.2) is 9.78 Å². The Balaban J connectivity index is 1.76. The lowest BCUT2D eigenvalue weighted by molar-refractivity contribution is -0.160. The number of rotatable bonds is 2. The van der Waals surface area contributed by atoms with E-state index < -0.39 is 11.9 Å². The van der Waals surface area contributed by atoms with Crippen LogP contribution in [0.4, 0.5) is 0 Å². The fourth-order valence-corrected chi connectivity index (χ4v) is 4.11. The number of carbonyl (C=O) groups excluding carboxylic acids is 1. The highest BCUT2D eigenvalue weighted by molar-refractivity contribution is 7.12. The maximum atomic E-state index is 12.2. The molecule has 2 aliphatic rings. The Bertz CT molecular complexity index is 811. The Hall–Kier alpha value is -1.92. The van der Waals surface area contributed by atoms with Gasteiger partial charge in [-0.05, 0) is 43.5 Å². The minimum absolute atomic E-state index is 0.355. The van der Waals surface area contributed by atoms with Crippen molar-refractivity contribution in [2.45, 2.75) is 45.5 Å². The summed E-state index contributed by atoms with van der Waals surface area (Å²) in [5, 5.41) is 0.898. The Morgan fingerprint density at radius 3 is 2.92 bits per heavy atom. The highest BCUT2D eigenvalue weighted by Crippen LogP contribution is 2.42. The summed E-state index contributed by atoms with van der Waals surface area (Å²) >= 11 is 1.48. The minimum atomic E-state index is -0.902. The minimum Gasteiger partial charge on any atom is -0.493 e. The third-order valence-corrected chi connectivity index (χ3v) is 5.16. The Morgan fingerprint density at radius 2 is 2.17 bits per heavy atom. The third kappa shape index (κ3) is 2.70. The van der Waals surface area contributed by atoms with Crippen LogP contribution in [0.1, 0.15) is 41.8 Å². The van der Waals surface area contributed by atoms with Crippen LogP contribution in [0.3, 0.4) is 0 Å². The van der Waals surface area contributed by atoms with Gasteiger partial charge in [0.2, 0.25) is 5.79 Å². The number of hydrogen-bond acceptors (Lipinski definition) is 6. The van der Waals surface area contributed by atoms with E-state index in [1.165, 1.54) is 16.9 Å². The second-order valence-electron chi connectivity index (χ2n) is 6.54. The first-order chi connectivity index (χ1) is 11.4. The fourth-order valence-electron chi connectivity index (χ4n) is 3.15. The molecule has 1 aromatic heterocycles. The lowest BCUT2D eigenvalue weighted by atomic mass is 10.0. The topological polar surface area (TPSA) is 57.6 Å². The number of benzene rings is 1. The van der Waals surface area contributed by atoms with Crippen molar-refractivity contribution in [3.63, 3.8) is 0 Å². The van der Waals surface area contributed by atoms with Crippen molar-refractivity contribution >= 4 is 17.3 Å². The molecular weight excluding hydrogens is 326 g/mol. The van der Waals surface area contributed by atoms with E-state index in [0.29, 0.717) is 0 Å². The predicted molar refractivity (Wildman–Crippen MR) is 90.1 cm³/mol. The number of aryl methyl sites for hydroxylation is 2. The number of ether oxygens (including phenoxy) is 3. The highest BCUT2D eigenvalue weighted by Gasteiger charge is 2.44. The molecule has 0 radical (unpaired) electrons. The van der Waals surface area contributed by atoms with E-state index in [2.05, 4.69) is 11.1 Å². The van der Waals surface area contributed by atoms with Crippen molar-refractivity contribution in [3.05, 3.63) is 33.6 Å². The van der Waals surface area contributed by atoms with E-state index >= 15 is 0 Å². The van der Waals surface area contributed by atoms with Crippen molar-refractivity contribution in [2.24, 2.45) is 0 Å². The monoisotopic (exact) mass is 345 g/mol. The van der Waals surface area contributed by atoms with Crippen LogP contribution in [0.25, 0.3) is 11.3 Å². The van der Waals surface area contributed by atoms with E-state index in [-0.39, 0.29) is 5.97 Å². The molecule has 0 spiro atoms. The molecule has 1 unspecified atom stereocenters. The van der Waals surface area contributed by atoms with Gasteiger partial charge in [0, 0.05) is 19.4 Å². The number of fused-ring (bicyclic) bond motifs is 1. The summed E-state index contributed by atoms with van der Waals surface area (Å²) in [5.74, 6) is -0.317. The van der Waals surface area contributed by atoms with Crippen molar-refractivity contribution in [3.8, 4) is 17.0 Å². The van der Waals surface area contributed by atoms with Crippen LogP contribution in [-0.4, -0.2) is 23.3 Å². The molecule has 2 aromatic rings. The van der Waals surface area contributed by atoms with Crippen LogP contribution in [0.2, 0.25) is 0 Å². The van der Waals surface area contributed by atoms with Crippen LogP contribution in [0, 0.1) is 6.92 Å². The first-order valence-corrected chi connectivity index (χ1v) is 8.89. The summed E-state index contributed by atoms with van der Waals surface area (Å²) in [6.07, 6.45) is 1.30. The van der Waals surface area contributed by atoms with Gasteiger partial charge < -0.3 is 14.2 Å². The van der Waals surface area contributed by atoms with Crippen molar-refractivity contribution < 1.29 is 19.0 Å². The van der Waals surface area contributed by atoms with Crippen LogP contribution < -0.4 is 4.74 Å². The van der Waals surface area contributed by atoms with Crippen molar-refractivity contribution in [2.75, 3.05) is 6.61 Å². The largest absolute Gasteiger partial charge is 0.493 e. The molecule has 5 nitrogen and oxygen atoms in total. The molecular formula is C18H19NO4S. The van der Waals surface area contributed by atoms with Gasteiger partial charge >= 0.3 is 5.97 Å². The standard InChI is InChI=1S/C18H19NO4S/c1-10-19-14(12-6-7-13-11(9-12)5-4-8-21-13)16(24-10)15-17(20)23-18(2,3)22-15/h6-7,9,15H,4-5,8H2,1-3H3. The summed E-state index contributed by atoms with van der Waals surface area (Å²) in [5.41, 5.74) is 2.97. The zero-order valence-electron chi connectivity index (χ0n) is 13.9. The number of nitrogens with zero attached hydrogens (tertiary/aromatic N) is 1. The fraction of sp³-hybridized carbons (Fsp3) is 0.444. The van der Waals surface area contributed by atoms with Crippen LogP contribution >= 0.6 is 11.3 Å². The molecule has 0 bridgehead atoms. The number of hydrogen-bond donors (Lipinski definition) is 0. The molecule has 1 aromatic carbocycles. The van der Waals surface area contributed by atoms with E-state index in [9.17, 15) is 4.79 Å². The predicted octanol–water partition coefficient (Wildman–Crippen LogP) is 3.79. The number of cyclic esters (lactones) is 1. The van der Waals surface area contributed by atoms with E-state index in [4.69, 9.17) is 14.2 Å². The average Bonchev–Trinajstić information content (AvgIpc) is 3.05. The maximum Gasteiger partial charge on any atom is 0.343 e. The van der Waals surface area contributed by atoms with Gasteiger partial charge in [-0.15, -0.1) is 11.3 Å². The van der Waals surface area contributed by atoms with E-state index in [1.807, 2.05) is 19.1 Å². The Morgan fingerprint density at radius 1 is 1.33 bits per heavy atom. The summed E-state index contributed by atoms with van der Waals surface area (Å²) in [6, 6.07) is 6.09. The molecule has 0 amide bonds. The molecule has 4 rings (SSSR count). The smallest absolute Gasteiger partial charge is 0.343 e. The SMILES string of the molecule is Cc1nc(-c2ccc3c(c2)CCCO3)c(C2OC(C)(C)OC2=O)s1. The highest BCUT2D eigenvalue weighted by atomic mass is 32.1. The van der Waals surface area contributed by atoms with E-state index in [1.54, 1.807) is 13.8 Å². The van der Waals surface area contributed by atoms with Gasteiger partial charge in [0.1, 0.15) is 5.75 Å². The molecule has 6 heteroatoms. The Kier molecular flexibility index (Phi) is 3.62. The summed E-state index contributed by atoms with van der Waals surface area (Å²) in [7, 11) is 0. The summed E-state index contributed by atoms with van der Waals surface area (Å²) < 4.78 is 16.8. The van der Waals surface area contributed by atoms with Gasteiger partial charge in [-0.3, -0.25) is 0 Å². The first-order valence-electron chi connectivity index (χ1n) is 8.07. The van der Waals surface area contributed by atoms with Crippen LogP contribution in [0.15, 0.2) is 18.2 Å². The molecule has 1 saturated heterocycles. The van der Waals surface area contributed by atoms with Crippen LogP contribution in [-0.2, 0) is 20.7 Å². The molecule has 0 aliphatic carbocycles. The first kappa shape index (κ1) is 15.6. The second-order valence-corrected chi connectivity index (χ2v) is 7.77. The van der Waals surface area contributed by atoms with Gasteiger partial charge in [-0.2, -0.15) is 0 Å². The normalized spacial score (nSPS) is 22.0. The quantitative estimate of drug-likeness (QED) is 0.775. The lowest BCUT2D eigenvalue weighted by Gasteiger charge is -2.18. The Labute approximate surface area is 144 Å². The van der Waals surface area contributed by atoms with Crippen LogP contribution in [0.5, 0.6) is 5.75 Å². The molecule has 1 fully saturated rings. The van der Waals surface area contributed by atoms with E-state index in [0.717, 1.165) is 46.3 Å². The summed E-state index contributed by atoms with van der Waals surface area (Å²) in [6.45, 7) is 6.19. The second kappa shape index (κ2) is 5.57. The molecule has 1 atom stereocenters. The molecule has 126 valence electrons. The molecule has 0 N–H and O–H groups in total. The van der Waals surface area contributed by atoms with Gasteiger partial charge in [0.05, 0.1) is 22.2 Å². The van der Waals surface area contributed by atoms with Crippen molar-refractivity contribution in [1.82, 2.24) is 4.98 Å². The number of carbonyl (C=O) groups is 1. The van der Waals surface area contributed by atoms with Gasteiger partial charge in [-0.1, -0.05) is 0 Å². The average molecular weight is 345 g/mol. The molecule has 2 aliphatic heterocycles.